The number of ether oxygens (including phenoxy) is 1. The summed E-state index contributed by atoms with van der Waals surface area (Å²) in [5.74, 6) is -0.127. The number of unbranched alkanes of at least 4 members (excludes halogenated alkanes) is 12. The Morgan fingerprint density at radius 1 is 0.903 bits per heavy atom. The van der Waals surface area contributed by atoms with Gasteiger partial charge in [0.1, 0.15) is 6.61 Å². The van der Waals surface area contributed by atoms with Crippen LogP contribution in [0.15, 0.2) is 12.2 Å². The van der Waals surface area contributed by atoms with Gasteiger partial charge in [-0.15, -0.1) is 0 Å². The summed E-state index contributed by atoms with van der Waals surface area (Å²) in [6.45, 7) is 6.83. The van der Waals surface area contributed by atoms with Crippen molar-refractivity contribution >= 4 is 12.0 Å². The van der Waals surface area contributed by atoms with Crippen molar-refractivity contribution in [2.75, 3.05) is 6.61 Å². The molecule has 4 nitrogen and oxygen atoms in total. The van der Waals surface area contributed by atoms with E-state index in [9.17, 15) is 9.59 Å². The third-order valence-corrected chi connectivity index (χ3v) is 6.49. The number of hydrogen-bond acceptors (Lipinski definition) is 3. The molecule has 1 heterocycles. The minimum atomic E-state index is -0.448. The molecule has 0 spiro atoms. The zero-order valence-electron chi connectivity index (χ0n) is 20.7. The van der Waals surface area contributed by atoms with E-state index < -0.39 is 6.09 Å². The van der Waals surface area contributed by atoms with Crippen LogP contribution in [0.3, 0.4) is 0 Å². The number of carbonyl (C=O) groups excluding carboxylic acids is 2. The topological polar surface area (TPSA) is 46.6 Å². The largest absolute Gasteiger partial charge is 0.447 e. The van der Waals surface area contributed by atoms with Gasteiger partial charge in [0.25, 0.3) is 0 Å². The minimum absolute atomic E-state index is 0.0263. The highest BCUT2D eigenvalue weighted by molar-refractivity contribution is 5.94. The summed E-state index contributed by atoms with van der Waals surface area (Å²) in [6, 6.07) is -0.0936. The molecule has 0 aromatic heterocycles. The molecule has 0 aliphatic carbocycles. The van der Waals surface area contributed by atoms with Crippen LogP contribution in [-0.4, -0.2) is 29.5 Å². The number of amides is 2. The lowest BCUT2D eigenvalue weighted by Crippen LogP contribution is -2.42. The molecule has 0 N–H and O–H groups in total. The maximum atomic E-state index is 13.1. The molecule has 2 unspecified atom stereocenters. The summed E-state index contributed by atoms with van der Waals surface area (Å²) in [5.41, 5.74) is 0. The quantitative estimate of drug-likeness (QED) is 0.152. The fourth-order valence-electron chi connectivity index (χ4n) is 4.34. The normalized spacial score (nSPS) is 17.5. The fourth-order valence-corrected chi connectivity index (χ4v) is 4.34. The van der Waals surface area contributed by atoms with E-state index in [0.29, 0.717) is 6.61 Å². The van der Waals surface area contributed by atoms with Gasteiger partial charge in [-0.05, 0) is 32.1 Å². The fraction of sp³-hybridized carbons (Fsp3) is 0.852. The SMILES string of the molecule is CCCCCCCCCC/C=C/CC(CCCCCCC)C(=O)N1C(=O)OCC1CC. The molecule has 1 fully saturated rings. The highest BCUT2D eigenvalue weighted by Crippen LogP contribution is 2.24. The highest BCUT2D eigenvalue weighted by atomic mass is 16.6. The first-order valence-corrected chi connectivity index (χ1v) is 13.3. The van der Waals surface area contributed by atoms with Gasteiger partial charge in [-0.1, -0.05) is 110 Å². The van der Waals surface area contributed by atoms with E-state index in [1.54, 1.807) is 0 Å². The van der Waals surface area contributed by atoms with Gasteiger partial charge in [-0.2, -0.15) is 0 Å². The lowest BCUT2D eigenvalue weighted by molar-refractivity contribution is -0.133. The van der Waals surface area contributed by atoms with Crippen LogP contribution in [0.4, 0.5) is 4.79 Å². The molecule has 2 amide bonds. The zero-order valence-corrected chi connectivity index (χ0v) is 20.7. The standard InChI is InChI=1S/C27H49NO3/c1-4-7-9-11-12-13-14-15-16-18-20-22-24(21-19-17-10-8-5-2)26(29)28-25(6-3)23-31-27(28)30/h18,20,24-25H,4-17,19,21-23H2,1-3H3/b20-18+. The van der Waals surface area contributed by atoms with Crippen molar-refractivity contribution in [1.29, 1.82) is 0 Å². The molecule has 0 bridgehead atoms. The number of carbonyl (C=O) groups is 2. The second-order valence-electron chi connectivity index (χ2n) is 9.22. The van der Waals surface area contributed by atoms with Gasteiger partial charge in [-0.25, -0.2) is 9.69 Å². The predicted octanol–water partition coefficient (Wildman–Crippen LogP) is 8.20. The molecule has 1 aliphatic heterocycles. The summed E-state index contributed by atoms with van der Waals surface area (Å²) in [5, 5.41) is 0. The van der Waals surface area contributed by atoms with Gasteiger partial charge in [0.05, 0.1) is 6.04 Å². The molecule has 2 atom stereocenters. The monoisotopic (exact) mass is 435 g/mol. The van der Waals surface area contributed by atoms with E-state index in [1.807, 2.05) is 6.92 Å². The molecular formula is C27H49NO3. The number of hydrogen-bond donors (Lipinski definition) is 0. The molecule has 0 aromatic carbocycles. The van der Waals surface area contributed by atoms with Gasteiger partial charge in [-0.3, -0.25) is 4.79 Å². The Morgan fingerprint density at radius 2 is 1.48 bits per heavy atom. The second-order valence-corrected chi connectivity index (χ2v) is 9.22. The lowest BCUT2D eigenvalue weighted by Gasteiger charge is -2.23. The Labute approximate surface area is 192 Å². The van der Waals surface area contributed by atoms with Crippen molar-refractivity contribution in [2.45, 2.75) is 136 Å². The smallest absolute Gasteiger partial charge is 0.416 e. The van der Waals surface area contributed by atoms with Gasteiger partial charge < -0.3 is 4.74 Å². The van der Waals surface area contributed by atoms with Crippen LogP contribution in [0.5, 0.6) is 0 Å². The summed E-state index contributed by atoms with van der Waals surface area (Å²) in [4.78, 5) is 26.7. The Bertz CT molecular complexity index is 503. The number of allylic oxidation sites excluding steroid dienone is 2. The summed E-state index contributed by atoms with van der Waals surface area (Å²) >= 11 is 0. The van der Waals surface area contributed by atoms with Gasteiger partial charge in [0.15, 0.2) is 0 Å². The van der Waals surface area contributed by atoms with Crippen LogP contribution < -0.4 is 0 Å². The number of rotatable bonds is 19. The number of nitrogens with zero attached hydrogens (tertiary/aromatic N) is 1. The van der Waals surface area contributed by atoms with Gasteiger partial charge in [0.2, 0.25) is 5.91 Å². The third-order valence-electron chi connectivity index (χ3n) is 6.49. The Kier molecular flexibility index (Phi) is 16.3. The molecule has 1 aliphatic rings. The van der Waals surface area contributed by atoms with Crippen molar-refractivity contribution in [2.24, 2.45) is 5.92 Å². The third kappa shape index (κ3) is 11.8. The molecule has 1 rings (SSSR count). The molecule has 0 saturated carbocycles. The van der Waals surface area contributed by atoms with E-state index in [1.165, 1.54) is 81.9 Å². The van der Waals surface area contributed by atoms with Crippen LogP contribution in [0, 0.1) is 5.92 Å². The maximum Gasteiger partial charge on any atom is 0.416 e. The van der Waals surface area contributed by atoms with Crippen molar-refractivity contribution in [1.82, 2.24) is 4.90 Å². The van der Waals surface area contributed by atoms with E-state index in [2.05, 4.69) is 26.0 Å². The van der Waals surface area contributed by atoms with E-state index >= 15 is 0 Å². The molecular weight excluding hydrogens is 386 g/mol. The minimum Gasteiger partial charge on any atom is -0.447 e. The average Bonchev–Trinajstić information content (AvgIpc) is 3.15. The summed E-state index contributed by atoms with van der Waals surface area (Å²) in [6.07, 6.45) is 24.0. The molecule has 1 saturated heterocycles. The van der Waals surface area contributed by atoms with Gasteiger partial charge in [0, 0.05) is 5.92 Å². The van der Waals surface area contributed by atoms with E-state index in [-0.39, 0.29) is 17.9 Å². The molecule has 0 aromatic rings. The molecule has 4 heteroatoms. The Hall–Kier alpha value is -1.32. The summed E-state index contributed by atoms with van der Waals surface area (Å²) < 4.78 is 5.16. The molecule has 31 heavy (non-hydrogen) atoms. The van der Waals surface area contributed by atoms with Crippen molar-refractivity contribution < 1.29 is 14.3 Å². The van der Waals surface area contributed by atoms with Crippen LogP contribution in [0.25, 0.3) is 0 Å². The van der Waals surface area contributed by atoms with E-state index in [0.717, 1.165) is 32.1 Å². The van der Waals surface area contributed by atoms with E-state index in [4.69, 9.17) is 4.74 Å². The first kappa shape index (κ1) is 27.7. The van der Waals surface area contributed by atoms with Crippen LogP contribution in [-0.2, 0) is 9.53 Å². The molecule has 180 valence electrons. The summed E-state index contributed by atoms with van der Waals surface area (Å²) in [7, 11) is 0. The molecule has 0 radical (unpaired) electrons. The highest BCUT2D eigenvalue weighted by Gasteiger charge is 2.39. The Morgan fingerprint density at radius 3 is 2.10 bits per heavy atom. The van der Waals surface area contributed by atoms with Gasteiger partial charge >= 0.3 is 6.09 Å². The first-order valence-electron chi connectivity index (χ1n) is 13.3. The first-order chi connectivity index (χ1) is 15.2. The average molecular weight is 436 g/mol. The zero-order chi connectivity index (χ0) is 22.7. The van der Waals surface area contributed by atoms with Crippen molar-refractivity contribution in [3.63, 3.8) is 0 Å². The Balaban J connectivity index is 2.40. The van der Waals surface area contributed by atoms with Crippen molar-refractivity contribution in [3.8, 4) is 0 Å². The second kappa shape index (κ2) is 18.3. The number of imide groups is 1. The van der Waals surface area contributed by atoms with Crippen LogP contribution >= 0.6 is 0 Å². The van der Waals surface area contributed by atoms with Crippen LogP contribution in [0.2, 0.25) is 0 Å². The van der Waals surface area contributed by atoms with Crippen LogP contribution in [0.1, 0.15) is 130 Å². The number of cyclic esters (lactones) is 1. The predicted molar refractivity (Wildman–Crippen MR) is 130 cm³/mol. The van der Waals surface area contributed by atoms with Crippen molar-refractivity contribution in [3.05, 3.63) is 12.2 Å². The maximum absolute atomic E-state index is 13.1. The lowest BCUT2D eigenvalue weighted by atomic mass is 9.94.